The van der Waals surface area contributed by atoms with Crippen LogP contribution in [0.5, 0.6) is 11.5 Å². The summed E-state index contributed by atoms with van der Waals surface area (Å²) in [5, 5.41) is 2.84. The molecule has 5 heteroatoms. The topological polar surface area (TPSA) is 50.8 Å². The molecule has 0 spiro atoms. The average molecular weight is 354 g/mol. The van der Waals surface area contributed by atoms with Crippen LogP contribution in [0.25, 0.3) is 0 Å². The number of likely N-dealkylation sites (tertiary alicyclic amines) is 1. The maximum absolute atomic E-state index is 12.0. The second-order valence-corrected chi connectivity index (χ2v) is 6.80. The van der Waals surface area contributed by atoms with Crippen LogP contribution in [0.2, 0.25) is 0 Å². The van der Waals surface area contributed by atoms with Gasteiger partial charge >= 0.3 is 0 Å². The first-order chi connectivity index (χ1) is 12.6. The number of nitrogens with one attached hydrogen (secondary N) is 1. The van der Waals surface area contributed by atoms with Gasteiger partial charge in [0.05, 0.1) is 0 Å². The summed E-state index contributed by atoms with van der Waals surface area (Å²) in [6.45, 7) is 4.11. The summed E-state index contributed by atoms with van der Waals surface area (Å²) >= 11 is 0. The second kappa shape index (κ2) is 8.72. The van der Waals surface area contributed by atoms with E-state index in [1.54, 1.807) is 0 Å². The fourth-order valence-corrected chi connectivity index (χ4v) is 2.96. The van der Waals surface area contributed by atoms with E-state index in [-0.39, 0.29) is 18.6 Å². The first-order valence-corrected chi connectivity index (χ1v) is 9.03. The van der Waals surface area contributed by atoms with Crippen molar-refractivity contribution in [3.05, 3.63) is 54.1 Å². The van der Waals surface area contributed by atoms with E-state index in [4.69, 9.17) is 9.47 Å². The lowest BCUT2D eigenvalue weighted by Crippen LogP contribution is -2.35. The summed E-state index contributed by atoms with van der Waals surface area (Å²) in [4.78, 5) is 14.3. The van der Waals surface area contributed by atoms with Gasteiger partial charge in [-0.05, 0) is 68.8 Å². The Labute approximate surface area is 154 Å². The predicted octanol–water partition coefficient (Wildman–Crippen LogP) is 3.49. The second-order valence-electron chi connectivity index (χ2n) is 6.80. The Hall–Kier alpha value is -2.53. The molecule has 0 aliphatic carbocycles. The maximum Gasteiger partial charge on any atom is 0.262 e. The van der Waals surface area contributed by atoms with E-state index in [0.29, 0.717) is 5.75 Å². The highest BCUT2D eigenvalue weighted by atomic mass is 16.5. The van der Waals surface area contributed by atoms with Gasteiger partial charge in [0.2, 0.25) is 0 Å². The number of amides is 1. The van der Waals surface area contributed by atoms with E-state index in [1.807, 2.05) is 55.5 Å². The van der Waals surface area contributed by atoms with Gasteiger partial charge in [0.15, 0.2) is 6.61 Å². The smallest absolute Gasteiger partial charge is 0.262 e. The lowest BCUT2D eigenvalue weighted by Gasteiger charge is -2.29. The van der Waals surface area contributed by atoms with Crippen LogP contribution in [0, 0.1) is 6.92 Å². The molecule has 3 rings (SSSR count). The van der Waals surface area contributed by atoms with Crippen molar-refractivity contribution in [3.8, 4) is 11.5 Å². The number of nitrogens with zero attached hydrogens (tertiary/aromatic N) is 1. The van der Waals surface area contributed by atoms with Gasteiger partial charge < -0.3 is 19.7 Å². The third kappa shape index (κ3) is 5.49. The van der Waals surface area contributed by atoms with Gasteiger partial charge in [-0.15, -0.1) is 0 Å². The lowest BCUT2D eigenvalue weighted by atomic mass is 10.1. The number of carbonyl (C=O) groups is 1. The normalized spacial score (nSPS) is 15.5. The van der Waals surface area contributed by atoms with Crippen LogP contribution in [-0.2, 0) is 4.79 Å². The molecule has 138 valence electrons. The van der Waals surface area contributed by atoms with E-state index in [1.165, 1.54) is 0 Å². The van der Waals surface area contributed by atoms with Crippen LogP contribution in [0.4, 0.5) is 5.69 Å². The van der Waals surface area contributed by atoms with Gasteiger partial charge in [-0.1, -0.05) is 12.1 Å². The van der Waals surface area contributed by atoms with E-state index in [2.05, 4.69) is 17.3 Å². The highest BCUT2D eigenvalue weighted by Crippen LogP contribution is 2.21. The quantitative estimate of drug-likeness (QED) is 0.863. The molecule has 0 bridgehead atoms. The minimum Gasteiger partial charge on any atom is -0.490 e. The van der Waals surface area contributed by atoms with Crippen LogP contribution in [0.1, 0.15) is 18.4 Å². The van der Waals surface area contributed by atoms with Gasteiger partial charge in [0, 0.05) is 18.8 Å². The third-order valence-electron chi connectivity index (χ3n) is 4.47. The highest BCUT2D eigenvalue weighted by Gasteiger charge is 2.17. The molecule has 2 aromatic rings. The number of aryl methyl sites for hydroxylation is 1. The van der Waals surface area contributed by atoms with Crippen molar-refractivity contribution in [1.29, 1.82) is 0 Å². The van der Waals surface area contributed by atoms with Crippen molar-refractivity contribution in [2.45, 2.75) is 25.9 Å². The number of hydrogen-bond donors (Lipinski definition) is 1. The molecule has 1 N–H and O–H groups in total. The van der Waals surface area contributed by atoms with Crippen molar-refractivity contribution in [2.24, 2.45) is 0 Å². The first kappa shape index (κ1) is 18.3. The fraction of sp³-hybridized carbons (Fsp3) is 0.381. The summed E-state index contributed by atoms with van der Waals surface area (Å²) in [6.07, 6.45) is 2.37. The van der Waals surface area contributed by atoms with Gasteiger partial charge in [-0.3, -0.25) is 4.79 Å². The number of ether oxygens (including phenoxy) is 2. The zero-order chi connectivity index (χ0) is 18.4. The Kier molecular flexibility index (Phi) is 6.12. The molecule has 1 saturated heterocycles. The monoisotopic (exact) mass is 354 g/mol. The zero-order valence-corrected chi connectivity index (χ0v) is 15.4. The van der Waals surface area contributed by atoms with Crippen LogP contribution in [-0.4, -0.2) is 43.7 Å². The van der Waals surface area contributed by atoms with Gasteiger partial charge in [0.25, 0.3) is 5.91 Å². The number of anilines is 1. The number of piperidine rings is 1. The van der Waals surface area contributed by atoms with Crippen molar-refractivity contribution in [2.75, 3.05) is 32.1 Å². The van der Waals surface area contributed by atoms with Gasteiger partial charge in [-0.25, -0.2) is 0 Å². The van der Waals surface area contributed by atoms with Crippen molar-refractivity contribution in [3.63, 3.8) is 0 Å². The van der Waals surface area contributed by atoms with Gasteiger partial charge in [0.1, 0.15) is 17.6 Å². The molecule has 1 heterocycles. The molecule has 0 radical (unpaired) electrons. The van der Waals surface area contributed by atoms with E-state index in [0.717, 1.165) is 42.9 Å². The molecule has 0 atom stereocenters. The largest absolute Gasteiger partial charge is 0.490 e. The average Bonchev–Trinajstić information content (AvgIpc) is 2.64. The van der Waals surface area contributed by atoms with Crippen LogP contribution >= 0.6 is 0 Å². The minimum atomic E-state index is -0.185. The van der Waals surface area contributed by atoms with Crippen molar-refractivity contribution >= 4 is 11.6 Å². The SMILES string of the molecule is Cc1cccc(OCC(=O)Nc2ccc(OC3CCN(C)CC3)cc2)c1. The summed E-state index contributed by atoms with van der Waals surface area (Å²) in [5.41, 5.74) is 1.83. The molecule has 0 aromatic heterocycles. The molecule has 26 heavy (non-hydrogen) atoms. The number of rotatable bonds is 6. The standard InChI is InChI=1S/C21H26N2O3/c1-16-4-3-5-20(14-16)25-15-21(24)22-17-6-8-18(9-7-17)26-19-10-12-23(2)13-11-19/h3-9,14,19H,10-13,15H2,1-2H3,(H,22,24). The molecule has 1 aliphatic heterocycles. The summed E-state index contributed by atoms with van der Waals surface area (Å²) in [5.74, 6) is 1.35. The Balaban J connectivity index is 1.45. The van der Waals surface area contributed by atoms with E-state index >= 15 is 0 Å². The maximum atomic E-state index is 12.0. The third-order valence-corrected chi connectivity index (χ3v) is 4.47. The molecular weight excluding hydrogens is 328 g/mol. The molecule has 1 amide bonds. The molecular formula is C21H26N2O3. The first-order valence-electron chi connectivity index (χ1n) is 9.03. The van der Waals surface area contributed by atoms with E-state index in [9.17, 15) is 4.79 Å². The number of hydrogen-bond acceptors (Lipinski definition) is 4. The Morgan fingerprint density at radius 3 is 2.54 bits per heavy atom. The molecule has 2 aromatic carbocycles. The molecule has 5 nitrogen and oxygen atoms in total. The fourth-order valence-electron chi connectivity index (χ4n) is 2.96. The lowest BCUT2D eigenvalue weighted by molar-refractivity contribution is -0.118. The Morgan fingerprint density at radius 2 is 1.85 bits per heavy atom. The van der Waals surface area contributed by atoms with Crippen LogP contribution in [0.15, 0.2) is 48.5 Å². The Morgan fingerprint density at radius 1 is 1.12 bits per heavy atom. The number of carbonyl (C=O) groups excluding carboxylic acids is 1. The summed E-state index contributed by atoms with van der Waals surface area (Å²) < 4.78 is 11.5. The van der Waals surface area contributed by atoms with E-state index < -0.39 is 0 Å². The zero-order valence-electron chi connectivity index (χ0n) is 15.4. The molecule has 0 unspecified atom stereocenters. The van der Waals surface area contributed by atoms with Crippen molar-refractivity contribution < 1.29 is 14.3 Å². The molecule has 1 aliphatic rings. The molecule has 0 saturated carbocycles. The molecule has 1 fully saturated rings. The Bertz CT molecular complexity index is 722. The number of benzene rings is 2. The van der Waals surface area contributed by atoms with Crippen LogP contribution in [0.3, 0.4) is 0 Å². The highest BCUT2D eigenvalue weighted by molar-refractivity contribution is 5.91. The van der Waals surface area contributed by atoms with Crippen LogP contribution < -0.4 is 14.8 Å². The van der Waals surface area contributed by atoms with Crippen molar-refractivity contribution in [1.82, 2.24) is 4.90 Å². The summed E-state index contributed by atoms with van der Waals surface area (Å²) in [6, 6.07) is 15.2. The summed E-state index contributed by atoms with van der Waals surface area (Å²) in [7, 11) is 2.14. The van der Waals surface area contributed by atoms with Gasteiger partial charge in [-0.2, -0.15) is 0 Å². The predicted molar refractivity (Wildman–Crippen MR) is 103 cm³/mol. The minimum absolute atomic E-state index is 0.0166.